The van der Waals surface area contributed by atoms with Gasteiger partial charge < -0.3 is 0 Å². The van der Waals surface area contributed by atoms with E-state index in [4.69, 9.17) is 0 Å². The molecule has 1 saturated carbocycles. The van der Waals surface area contributed by atoms with Crippen LogP contribution in [0.5, 0.6) is 0 Å². The first kappa shape index (κ1) is 18.0. The molecule has 0 spiro atoms. The molecule has 3 rings (SSSR count). The van der Waals surface area contributed by atoms with Crippen molar-refractivity contribution in [2.45, 2.75) is 55.1 Å². The molecule has 0 atom stereocenters. The summed E-state index contributed by atoms with van der Waals surface area (Å²) in [6, 6.07) is 8.20. The second-order valence-electron chi connectivity index (χ2n) is 6.57. The number of carbonyl (C=O) groups excluding carboxylic acids is 1. The third kappa shape index (κ3) is 3.20. The van der Waals surface area contributed by atoms with Gasteiger partial charge in [-0.2, -0.15) is 0 Å². The summed E-state index contributed by atoms with van der Waals surface area (Å²) >= 11 is 1.28. The summed E-state index contributed by atoms with van der Waals surface area (Å²) in [6.45, 7) is 3.98. The molecule has 1 aliphatic carbocycles. The van der Waals surface area contributed by atoms with Crippen molar-refractivity contribution in [3.8, 4) is 0 Å². The van der Waals surface area contributed by atoms with Crippen molar-refractivity contribution >= 4 is 32.2 Å². The zero-order valence-corrected chi connectivity index (χ0v) is 15.9. The summed E-state index contributed by atoms with van der Waals surface area (Å²) < 4.78 is 25.0. The van der Waals surface area contributed by atoms with Crippen LogP contribution in [0.15, 0.2) is 35.2 Å². The van der Waals surface area contributed by atoms with Crippen LogP contribution in [0.1, 0.15) is 50.5 Å². The monoisotopic (exact) mass is 379 g/mol. The fourth-order valence-corrected chi connectivity index (χ4v) is 5.95. The van der Waals surface area contributed by atoms with Crippen LogP contribution in [0.3, 0.4) is 0 Å². The maximum absolute atomic E-state index is 13.2. The number of carbonyl (C=O) groups is 1. The Kier molecular flexibility index (Phi) is 4.92. The molecule has 134 valence electrons. The van der Waals surface area contributed by atoms with E-state index in [-0.39, 0.29) is 10.8 Å². The maximum Gasteiger partial charge on any atom is 0.248 e. The third-order valence-corrected chi connectivity index (χ3v) is 8.20. The molecule has 8 heteroatoms. The Labute approximate surface area is 151 Å². The minimum absolute atomic E-state index is 0.187. The normalized spacial score (nSPS) is 16.9. The van der Waals surface area contributed by atoms with Crippen molar-refractivity contribution in [2.24, 2.45) is 0 Å². The van der Waals surface area contributed by atoms with Crippen molar-refractivity contribution < 1.29 is 13.2 Å². The molecule has 1 aromatic carbocycles. The number of nitrogens with zero attached hydrogens (tertiary/aromatic N) is 2. The molecule has 1 N–H and O–H groups in total. The molecule has 0 unspecified atom stereocenters. The molecular weight excluding hydrogens is 358 g/mol. The molecule has 1 fully saturated rings. The fourth-order valence-electron chi connectivity index (χ4n) is 3.12. The number of sulfone groups is 1. The average molecular weight is 380 g/mol. The van der Waals surface area contributed by atoms with Gasteiger partial charge in [0.05, 0.1) is 4.90 Å². The standard InChI is InChI=1S/C17H21N3O3S2/c1-12(2)14-19-20-16(24-14)18-15(21)17(10-6-7-11-17)25(22,23)13-8-4-3-5-9-13/h3-5,8-9,12H,6-7,10-11H2,1-2H3,(H,18,20,21). The molecule has 1 aromatic heterocycles. The summed E-state index contributed by atoms with van der Waals surface area (Å²) in [4.78, 5) is 13.2. The zero-order chi connectivity index (χ0) is 18.1. The van der Waals surface area contributed by atoms with Gasteiger partial charge in [-0.15, -0.1) is 10.2 Å². The first-order valence-electron chi connectivity index (χ1n) is 8.31. The van der Waals surface area contributed by atoms with Crippen molar-refractivity contribution in [3.05, 3.63) is 35.3 Å². The Bertz CT molecular complexity index is 854. The predicted molar refractivity (Wildman–Crippen MR) is 97.5 cm³/mol. The highest BCUT2D eigenvalue weighted by molar-refractivity contribution is 7.93. The van der Waals surface area contributed by atoms with Gasteiger partial charge in [-0.05, 0) is 25.0 Å². The van der Waals surface area contributed by atoms with Crippen molar-refractivity contribution in [2.75, 3.05) is 5.32 Å². The highest BCUT2D eigenvalue weighted by atomic mass is 32.2. The first-order valence-corrected chi connectivity index (χ1v) is 10.6. The quantitative estimate of drug-likeness (QED) is 0.860. The van der Waals surface area contributed by atoms with Gasteiger partial charge in [-0.3, -0.25) is 10.1 Å². The lowest BCUT2D eigenvalue weighted by molar-refractivity contribution is -0.118. The van der Waals surface area contributed by atoms with Gasteiger partial charge in [0.1, 0.15) is 5.01 Å². The Morgan fingerprint density at radius 1 is 1.16 bits per heavy atom. The number of benzene rings is 1. The molecule has 1 heterocycles. The van der Waals surface area contributed by atoms with Crippen LogP contribution in [0.25, 0.3) is 0 Å². The zero-order valence-electron chi connectivity index (χ0n) is 14.2. The van der Waals surface area contributed by atoms with Gasteiger partial charge in [0.2, 0.25) is 11.0 Å². The van der Waals surface area contributed by atoms with E-state index >= 15 is 0 Å². The van der Waals surface area contributed by atoms with Crippen LogP contribution in [-0.4, -0.2) is 29.3 Å². The summed E-state index contributed by atoms with van der Waals surface area (Å²) in [5, 5.41) is 11.9. The van der Waals surface area contributed by atoms with Crippen molar-refractivity contribution in [1.82, 2.24) is 10.2 Å². The number of aromatic nitrogens is 2. The van der Waals surface area contributed by atoms with Gasteiger partial charge >= 0.3 is 0 Å². The van der Waals surface area contributed by atoms with Gasteiger partial charge in [-0.25, -0.2) is 8.42 Å². The molecule has 6 nitrogen and oxygen atoms in total. The molecule has 0 radical (unpaired) electrons. The minimum Gasteiger partial charge on any atom is -0.299 e. The number of hydrogen-bond acceptors (Lipinski definition) is 6. The van der Waals surface area contributed by atoms with Gasteiger partial charge in [0.25, 0.3) is 0 Å². The van der Waals surface area contributed by atoms with Gasteiger partial charge in [0, 0.05) is 5.92 Å². The van der Waals surface area contributed by atoms with E-state index < -0.39 is 20.5 Å². The topological polar surface area (TPSA) is 89.0 Å². The van der Waals surface area contributed by atoms with E-state index in [1.54, 1.807) is 30.3 Å². The number of anilines is 1. The highest BCUT2D eigenvalue weighted by Gasteiger charge is 2.53. The average Bonchev–Trinajstić information content (AvgIpc) is 3.26. The SMILES string of the molecule is CC(C)c1nnc(NC(=O)C2(S(=O)(=O)c3ccccc3)CCCC2)s1. The van der Waals surface area contributed by atoms with Crippen LogP contribution in [0.2, 0.25) is 0 Å². The molecular formula is C17H21N3O3S2. The van der Waals surface area contributed by atoms with Crippen LogP contribution in [0, 0.1) is 0 Å². The Morgan fingerprint density at radius 2 is 1.80 bits per heavy atom. The Hall–Kier alpha value is -1.80. The first-order chi connectivity index (χ1) is 11.9. The number of rotatable bonds is 5. The van der Waals surface area contributed by atoms with Crippen LogP contribution < -0.4 is 5.32 Å². The van der Waals surface area contributed by atoms with E-state index in [0.717, 1.165) is 5.01 Å². The van der Waals surface area contributed by atoms with Crippen LogP contribution >= 0.6 is 11.3 Å². The smallest absolute Gasteiger partial charge is 0.248 e. The molecule has 0 aliphatic heterocycles. The summed E-state index contributed by atoms with van der Waals surface area (Å²) in [6.07, 6.45) is 2.08. The summed E-state index contributed by atoms with van der Waals surface area (Å²) in [7, 11) is -3.78. The number of amides is 1. The molecule has 2 aromatic rings. The molecule has 0 bridgehead atoms. The summed E-state index contributed by atoms with van der Waals surface area (Å²) in [5.74, 6) is -0.294. The van der Waals surface area contributed by atoms with E-state index in [1.807, 2.05) is 13.8 Å². The van der Waals surface area contributed by atoms with E-state index in [1.165, 1.54) is 11.3 Å². The summed E-state index contributed by atoms with van der Waals surface area (Å²) in [5.41, 5.74) is 0. The van der Waals surface area contributed by atoms with Gasteiger partial charge in [0.15, 0.2) is 14.6 Å². The van der Waals surface area contributed by atoms with E-state index in [9.17, 15) is 13.2 Å². The maximum atomic E-state index is 13.2. The van der Waals surface area contributed by atoms with Crippen molar-refractivity contribution in [3.63, 3.8) is 0 Å². The second-order valence-corrected chi connectivity index (χ2v) is 9.84. The molecule has 1 amide bonds. The van der Waals surface area contributed by atoms with Crippen LogP contribution in [0.4, 0.5) is 5.13 Å². The van der Waals surface area contributed by atoms with E-state index in [0.29, 0.717) is 30.8 Å². The largest absolute Gasteiger partial charge is 0.299 e. The van der Waals surface area contributed by atoms with Crippen LogP contribution in [-0.2, 0) is 14.6 Å². The van der Waals surface area contributed by atoms with Crippen molar-refractivity contribution in [1.29, 1.82) is 0 Å². The second kappa shape index (κ2) is 6.84. The fraction of sp³-hybridized carbons (Fsp3) is 0.471. The lowest BCUT2D eigenvalue weighted by atomic mass is 10.1. The predicted octanol–water partition coefficient (Wildman–Crippen LogP) is 3.39. The third-order valence-electron chi connectivity index (χ3n) is 4.55. The molecule has 1 aliphatic rings. The lowest BCUT2D eigenvalue weighted by Crippen LogP contribution is -2.47. The molecule has 25 heavy (non-hydrogen) atoms. The minimum atomic E-state index is -3.78. The highest BCUT2D eigenvalue weighted by Crippen LogP contribution is 2.41. The number of nitrogens with one attached hydrogen (secondary N) is 1. The Morgan fingerprint density at radius 3 is 2.36 bits per heavy atom. The van der Waals surface area contributed by atoms with Gasteiger partial charge in [-0.1, -0.05) is 56.2 Å². The lowest BCUT2D eigenvalue weighted by Gasteiger charge is -2.27. The Balaban J connectivity index is 1.93. The number of hydrogen-bond donors (Lipinski definition) is 1. The molecule has 0 saturated heterocycles. The van der Waals surface area contributed by atoms with E-state index in [2.05, 4.69) is 15.5 Å².